The molecule has 0 saturated heterocycles. The normalized spacial score (nSPS) is 11.0. The summed E-state index contributed by atoms with van der Waals surface area (Å²) in [6.07, 6.45) is 1.75. The molecule has 0 saturated carbocycles. The van der Waals surface area contributed by atoms with E-state index in [2.05, 4.69) is 30.8 Å². The minimum absolute atomic E-state index is 0. The first-order chi connectivity index (χ1) is 10.1. The van der Waals surface area contributed by atoms with Crippen molar-refractivity contribution in [1.29, 1.82) is 0 Å². The van der Waals surface area contributed by atoms with Crippen molar-refractivity contribution in [3.05, 3.63) is 40.8 Å². The third kappa shape index (κ3) is 4.93. The van der Waals surface area contributed by atoms with Crippen LogP contribution in [0.4, 0.5) is 0 Å². The minimum atomic E-state index is 0. The Kier molecular flexibility index (Phi) is 7.22. The molecule has 0 aliphatic carbocycles. The van der Waals surface area contributed by atoms with Gasteiger partial charge in [-0.2, -0.15) is 0 Å². The summed E-state index contributed by atoms with van der Waals surface area (Å²) in [5.41, 5.74) is 2.86. The molecular weight excluding hydrogens is 395 g/mol. The van der Waals surface area contributed by atoms with E-state index in [9.17, 15) is 0 Å². The lowest BCUT2D eigenvalue weighted by Gasteiger charge is -2.11. The molecule has 0 bridgehead atoms. The van der Waals surface area contributed by atoms with Crippen molar-refractivity contribution in [2.24, 2.45) is 4.99 Å². The van der Waals surface area contributed by atoms with Gasteiger partial charge in [0.05, 0.1) is 17.9 Å². The van der Waals surface area contributed by atoms with Gasteiger partial charge in [0.15, 0.2) is 5.96 Å². The van der Waals surface area contributed by atoms with Gasteiger partial charge in [-0.25, -0.2) is 9.97 Å². The lowest BCUT2D eigenvalue weighted by Crippen LogP contribution is -2.36. The fraction of sp³-hybridized carbons (Fsp3) is 0.429. The fourth-order valence-corrected chi connectivity index (χ4v) is 1.92. The number of hydrogen-bond acceptors (Lipinski definition) is 5. The SMILES string of the molecule is CN=C(NCc1ccnc(C)n1)NCc1c(C)noc1C.I. The monoisotopic (exact) mass is 416 g/mol. The van der Waals surface area contributed by atoms with E-state index in [4.69, 9.17) is 4.52 Å². The number of guanidine groups is 1. The van der Waals surface area contributed by atoms with E-state index in [1.165, 1.54) is 0 Å². The van der Waals surface area contributed by atoms with Gasteiger partial charge < -0.3 is 15.2 Å². The highest BCUT2D eigenvalue weighted by Gasteiger charge is 2.09. The average molecular weight is 416 g/mol. The maximum atomic E-state index is 5.14. The minimum Gasteiger partial charge on any atom is -0.361 e. The summed E-state index contributed by atoms with van der Waals surface area (Å²) in [5.74, 6) is 2.28. The highest BCUT2D eigenvalue weighted by atomic mass is 127. The molecule has 0 radical (unpaired) electrons. The van der Waals surface area contributed by atoms with Gasteiger partial charge in [0.25, 0.3) is 0 Å². The molecule has 2 rings (SSSR count). The molecule has 0 spiro atoms. The summed E-state index contributed by atoms with van der Waals surface area (Å²) in [4.78, 5) is 12.6. The van der Waals surface area contributed by atoms with Crippen molar-refractivity contribution in [2.75, 3.05) is 7.05 Å². The van der Waals surface area contributed by atoms with E-state index in [1.54, 1.807) is 13.2 Å². The first-order valence-corrected chi connectivity index (χ1v) is 6.75. The molecule has 0 aliphatic rings. The van der Waals surface area contributed by atoms with Gasteiger partial charge in [0.1, 0.15) is 11.6 Å². The summed E-state index contributed by atoms with van der Waals surface area (Å²) in [6.45, 7) is 6.90. The molecule has 8 heteroatoms. The first-order valence-electron chi connectivity index (χ1n) is 6.75. The van der Waals surface area contributed by atoms with E-state index in [0.29, 0.717) is 19.0 Å². The Morgan fingerprint density at radius 2 is 1.95 bits per heavy atom. The van der Waals surface area contributed by atoms with Crippen LogP contribution in [0.25, 0.3) is 0 Å². The van der Waals surface area contributed by atoms with Gasteiger partial charge in [0, 0.05) is 25.4 Å². The second-order valence-corrected chi connectivity index (χ2v) is 4.68. The molecule has 0 amide bonds. The van der Waals surface area contributed by atoms with Crippen LogP contribution in [0.2, 0.25) is 0 Å². The summed E-state index contributed by atoms with van der Waals surface area (Å²) in [5, 5.41) is 10.4. The standard InChI is InChI=1S/C14H20N6O.HI/c1-9-13(10(2)21-20-9)8-18-14(15-4)17-7-12-5-6-16-11(3)19-12;/h5-6H,7-8H2,1-4H3,(H2,15,17,18);1H. The van der Waals surface area contributed by atoms with Crippen LogP contribution in [0, 0.1) is 20.8 Å². The maximum absolute atomic E-state index is 5.14. The van der Waals surface area contributed by atoms with Gasteiger partial charge >= 0.3 is 0 Å². The first kappa shape index (κ1) is 18.3. The van der Waals surface area contributed by atoms with Gasteiger partial charge in [-0.1, -0.05) is 5.16 Å². The number of rotatable bonds is 4. The Morgan fingerprint density at radius 3 is 2.55 bits per heavy atom. The van der Waals surface area contributed by atoms with Crippen molar-refractivity contribution in [3.8, 4) is 0 Å². The molecule has 0 aliphatic heterocycles. The highest BCUT2D eigenvalue weighted by Crippen LogP contribution is 2.11. The summed E-state index contributed by atoms with van der Waals surface area (Å²) < 4.78 is 5.14. The van der Waals surface area contributed by atoms with Gasteiger partial charge in [-0.15, -0.1) is 24.0 Å². The quantitative estimate of drug-likeness (QED) is 0.450. The molecule has 7 nitrogen and oxygen atoms in total. The molecule has 120 valence electrons. The van der Waals surface area contributed by atoms with Gasteiger partial charge in [-0.3, -0.25) is 4.99 Å². The van der Waals surface area contributed by atoms with Crippen LogP contribution < -0.4 is 10.6 Å². The zero-order valence-electron chi connectivity index (χ0n) is 13.2. The molecule has 0 fully saturated rings. The Morgan fingerprint density at radius 1 is 1.23 bits per heavy atom. The number of halogens is 1. The lowest BCUT2D eigenvalue weighted by molar-refractivity contribution is 0.392. The number of aromatic nitrogens is 3. The van der Waals surface area contributed by atoms with Crippen LogP contribution in [-0.2, 0) is 13.1 Å². The average Bonchev–Trinajstić information content (AvgIpc) is 2.79. The summed E-state index contributed by atoms with van der Waals surface area (Å²) >= 11 is 0. The summed E-state index contributed by atoms with van der Waals surface area (Å²) in [7, 11) is 1.73. The molecule has 2 aromatic rings. The van der Waals surface area contributed by atoms with Crippen LogP contribution in [-0.4, -0.2) is 28.1 Å². The van der Waals surface area contributed by atoms with E-state index in [-0.39, 0.29) is 24.0 Å². The lowest BCUT2D eigenvalue weighted by atomic mass is 10.2. The Balaban J connectivity index is 0.00000242. The van der Waals surface area contributed by atoms with Crippen LogP contribution in [0.15, 0.2) is 21.8 Å². The number of aliphatic imine (C=N–C) groups is 1. The van der Waals surface area contributed by atoms with E-state index < -0.39 is 0 Å². The van der Waals surface area contributed by atoms with E-state index in [1.807, 2.05) is 26.8 Å². The van der Waals surface area contributed by atoms with Gasteiger partial charge in [-0.05, 0) is 26.8 Å². The number of nitrogens with zero attached hydrogens (tertiary/aromatic N) is 4. The van der Waals surface area contributed by atoms with Crippen molar-refractivity contribution in [2.45, 2.75) is 33.9 Å². The molecule has 2 N–H and O–H groups in total. The number of hydrogen-bond donors (Lipinski definition) is 2. The van der Waals surface area contributed by atoms with Crippen molar-refractivity contribution >= 4 is 29.9 Å². The zero-order chi connectivity index (χ0) is 15.2. The highest BCUT2D eigenvalue weighted by molar-refractivity contribution is 14.0. The fourth-order valence-electron chi connectivity index (χ4n) is 1.92. The third-order valence-electron chi connectivity index (χ3n) is 3.11. The Labute approximate surface area is 147 Å². The van der Waals surface area contributed by atoms with Crippen LogP contribution >= 0.6 is 24.0 Å². The largest absolute Gasteiger partial charge is 0.361 e. The van der Waals surface area contributed by atoms with E-state index in [0.717, 1.165) is 28.5 Å². The van der Waals surface area contributed by atoms with Crippen molar-refractivity contribution < 1.29 is 4.52 Å². The molecule has 0 aromatic carbocycles. The smallest absolute Gasteiger partial charge is 0.191 e. The molecular formula is C14H21IN6O. The molecule has 2 aromatic heterocycles. The van der Waals surface area contributed by atoms with E-state index >= 15 is 0 Å². The Hall–Kier alpha value is -1.71. The van der Waals surface area contributed by atoms with Crippen LogP contribution in [0.1, 0.15) is 28.5 Å². The molecule has 0 unspecified atom stereocenters. The second-order valence-electron chi connectivity index (χ2n) is 4.68. The Bertz CT molecular complexity index is 621. The topological polar surface area (TPSA) is 88.2 Å². The third-order valence-corrected chi connectivity index (χ3v) is 3.11. The number of nitrogens with one attached hydrogen (secondary N) is 2. The zero-order valence-corrected chi connectivity index (χ0v) is 15.5. The van der Waals surface area contributed by atoms with Crippen LogP contribution in [0.5, 0.6) is 0 Å². The van der Waals surface area contributed by atoms with Gasteiger partial charge in [0.2, 0.25) is 0 Å². The number of aryl methyl sites for hydroxylation is 3. The second kappa shape index (κ2) is 8.66. The van der Waals surface area contributed by atoms with Crippen molar-refractivity contribution in [1.82, 2.24) is 25.8 Å². The molecule has 2 heterocycles. The molecule has 0 atom stereocenters. The molecule has 22 heavy (non-hydrogen) atoms. The maximum Gasteiger partial charge on any atom is 0.191 e. The van der Waals surface area contributed by atoms with Crippen LogP contribution in [0.3, 0.4) is 0 Å². The van der Waals surface area contributed by atoms with Crippen molar-refractivity contribution in [3.63, 3.8) is 0 Å². The predicted octanol–water partition coefficient (Wildman–Crippen LogP) is 1.87. The predicted molar refractivity (Wildman–Crippen MR) is 95.2 cm³/mol. The summed E-state index contributed by atoms with van der Waals surface area (Å²) in [6, 6.07) is 1.88.